The van der Waals surface area contributed by atoms with Crippen LogP contribution in [-0.2, 0) is 10.9 Å². The largest absolute Gasteiger partial charge is 0.418 e. The molecule has 5 heteroatoms. The Bertz CT molecular complexity index is 419. The normalized spacial score (nSPS) is 23.6. The minimum Gasteiger partial charge on any atom is -0.384 e. The molecule has 0 bridgehead atoms. The minimum absolute atomic E-state index is 0.150. The molecule has 2 nitrogen and oxygen atoms in total. The van der Waals surface area contributed by atoms with Gasteiger partial charge in [0, 0.05) is 24.8 Å². The number of hydrogen-bond donors (Lipinski definition) is 1. The maximum Gasteiger partial charge on any atom is 0.418 e. The Balaban J connectivity index is 2.04. The van der Waals surface area contributed by atoms with Gasteiger partial charge in [-0.05, 0) is 25.0 Å². The number of hydrogen-bond acceptors (Lipinski definition) is 2. The maximum absolute atomic E-state index is 12.8. The average Bonchev–Trinajstić information content (AvgIpc) is 2.83. The van der Waals surface area contributed by atoms with Crippen molar-refractivity contribution < 1.29 is 17.9 Å². The number of para-hydroxylation sites is 1. The second-order valence-electron chi connectivity index (χ2n) is 4.79. The predicted molar refractivity (Wildman–Crippen MR) is 68.1 cm³/mol. The third-order valence-electron chi connectivity index (χ3n) is 3.54. The lowest BCUT2D eigenvalue weighted by Gasteiger charge is -2.20. The number of benzene rings is 1. The van der Waals surface area contributed by atoms with Crippen molar-refractivity contribution in [1.82, 2.24) is 0 Å². The first-order valence-corrected chi connectivity index (χ1v) is 6.54. The highest BCUT2D eigenvalue weighted by Gasteiger charge is 2.33. The van der Waals surface area contributed by atoms with Crippen LogP contribution < -0.4 is 5.32 Å². The molecule has 0 amide bonds. The monoisotopic (exact) mass is 273 g/mol. The van der Waals surface area contributed by atoms with Crippen LogP contribution in [0.15, 0.2) is 24.3 Å². The minimum atomic E-state index is -4.32. The summed E-state index contributed by atoms with van der Waals surface area (Å²) in [6.45, 7) is 3.25. The molecule has 106 valence electrons. The van der Waals surface area contributed by atoms with Gasteiger partial charge >= 0.3 is 6.18 Å². The summed E-state index contributed by atoms with van der Waals surface area (Å²) in [5, 5.41) is 2.93. The standard InChI is InChI=1S/C14H18F3NO/c1-2-13-10(7-8-19-13)9-18-12-6-4-3-5-11(12)14(15,16)17/h3-6,10,13,18H,2,7-9H2,1H3. The van der Waals surface area contributed by atoms with Gasteiger partial charge in [-0.15, -0.1) is 0 Å². The van der Waals surface area contributed by atoms with E-state index in [1.807, 2.05) is 6.92 Å². The third-order valence-corrected chi connectivity index (χ3v) is 3.54. The fourth-order valence-electron chi connectivity index (χ4n) is 2.50. The molecule has 0 aliphatic carbocycles. The molecule has 1 aromatic rings. The zero-order valence-electron chi connectivity index (χ0n) is 10.8. The lowest BCUT2D eigenvalue weighted by Crippen LogP contribution is -2.23. The number of nitrogens with one attached hydrogen (secondary N) is 1. The van der Waals surface area contributed by atoms with E-state index in [1.165, 1.54) is 12.1 Å². The van der Waals surface area contributed by atoms with E-state index in [2.05, 4.69) is 5.32 Å². The number of ether oxygens (including phenoxy) is 1. The molecule has 1 fully saturated rings. The van der Waals surface area contributed by atoms with E-state index in [4.69, 9.17) is 4.74 Å². The second-order valence-corrected chi connectivity index (χ2v) is 4.79. The van der Waals surface area contributed by atoms with Crippen molar-refractivity contribution in [2.24, 2.45) is 5.92 Å². The summed E-state index contributed by atoms with van der Waals surface area (Å²) in [6.07, 6.45) is -2.36. The van der Waals surface area contributed by atoms with Crippen LogP contribution in [0, 0.1) is 5.92 Å². The van der Waals surface area contributed by atoms with Crippen LogP contribution in [0.3, 0.4) is 0 Å². The van der Waals surface area contributed by atoms with E-state index in [9.17, 15) is 13.2 Å². The summed E-state index contributed by atoms with van der Waals surface area (Å²) in [5.41, 5.74) is -0.460. The summed E-state index contributed by atoms with van der Waals surface area (Å²) >= 11 is 0. The van der Waals surface area contributed by atoms with Crippen LogP contribution in [0.1, 0.15) is 25.3 Å². The van der Waals surface area contributed by atoms with E-state index >= 15 is 0 Å². The molecule has 19 heavy (non-hydrogen) atoms. The van der Waals surface area contributed by atoms with Gasteiger partial charge in [0.1, 0.15) is 0 Å². The Morgan fingerprint density at radius 2 is 2.05 bits per heavy atom. The molecule has 1 N–H and O–H groups in total. The SMILES string of the molecule is CCC1OCCC1CNc1ccccc1C(F)(F)F. The van der Waals surface area contributed by atoms with Crippen molar-refractivity contribution in [1.29, 1.82) is 0 Å². The van der Waals surface area contributed by atoms with Crippen LogP contribution in [0.25, 0.3) is 0 Å². The van der Waals surface area contributed by atoms with Crippen molar-refractivity contribution in [2.75, 3.05) is 18.5 Å². The molecule has 2 rings (SSSR count). The Morgan fingerprint density at radius 1 is 1.32 bits per heavy atom. The smallest absolute Gasteiger partial charge is 0.384 e. The molecule has 1 heterocycles. The molecule has 0 spiro atoms. The fraction of sp³-hybridized carbons (Fsp3) is 0.571. The van der Waals surface area contributed by atoms with Crippen LogP contribution in [0.2, 0.25) is 0 Å². The highest BCUT2D eigenvalue weighted by Crippen LogP contribution is 2.35. The predicted octanol–water partition coefficient (Wildman–Crippen LogP) is 3.93. The number of alkyl halides is 3. The van der Waals surface area contributed by atoms with E-state index in [1.54, 1.807) is 6.07 Å². The first-order chi connectivity index (χ1) is 9.02. The Morgan fingerprint density at radius 3 is 2.74 bits per heavy atom. The van der Waals surface area contributed by atoms with Gasteiger partial charge in [0.25, 0.3) is 0 Å². The molecule has 1 aromatic carbocycles. The second kappa shape index (κ2) is 5.82. The molecule has 1 saturated heterocycles. The van der Waals surface area contributed by atoms with Gasteiger partial charge in [0.15, 0.2) is 0 Å². The number of anilines is 1. The van der Waals surface area contributed by atoms with Crippen LogP contribution in [0.5, 0.6) is 0 Å². The van der Waals surface area contributed by atoms with Crippen LogP contribution in [-0.4, -0.2) is 19.3 Å². The summed E-state index contributed by atoms with van der Waals surface area (Å²) in [5.74, 6) is 0.284. The first-order valence-electron chi connectivity index (χ1n) is 6.54. The van der Waals surface area contributed by atoms with Crippen LogP contribution >= 0.6 is 0 Å². The fourth-order valence-corrected chi connectivity index (χ4v) is 2.50. The molecule has 1 aliphatic heterocycles. The van der Waals surface area contributed by atoms with Gasteiger partial charge in [-0.25, -0.2) is 0 Å². The molecule has 0 saturated carbocycles. The highest BCUT2D eigenvalue weighted by molar-refractivity contribution is 5.52. The van der Waals surface area contributed by atoms with Gasteiger partial charge in [0.05, 0.1) is 11.7 Å². The molecular weight excluding hydrogens is 255 g/mol. The lowest BCUT2D eigenvalue weighted by molar-refractivity contribution is -0.136. The zero-order chi connectivity index (χ0) is 13.9. The van der Waals surface area contributed by atoms with Crippen molar-refractivity contribution in [3.8, 4) is 0 Å². The Kier molecular flexibility index (Phi) is 4.34. The Hall–Kier alpha value is -1.23. The van der Waals surface area contributed by atoms with E-state index in [0.29, 0.717) is 13.2 Å². The maximum atomic E-state index is 12.8. The van der Waals surface area contributed by atoms with Crippen molar-refractivity contribution >= 4 is 5.69 Å². The molecule has 2 atom stereocenters. The van der Waals surface area contributed by atoms with E-state index < -0.39 is 11.7 Å². The summed E-state index contributed by atoms with van der Waals surface area (Å²) < 4.78 is 44.0. The molecular formula is C14H18F3NO. The van der Waals surface area contributed by atoms with Crippen LogP contribution in [0.4, 0.5) is 18.9 Å². The van der Waals surface area contributed by atoms with E-state index in [-0.39, 0.29) is 17.7 Å². The average molecular weight is 273 g/mol. The van der Waals surface area contributed by atoms with Gasteiger partial charge in [0.2, 0.25) is 0 Å². The molecule has 0 radical (unpaired) electrons. The molecule has 2 unspecified atom stereocenters. The number of rotatable bonds is 4. The Labute approximate surface area is 111 Å². The first kappa shape index (κ1) is 14.2. The highest BCUT2D eigenvalue weighted by atomic mass is 19.4. The quantitative estimate of drug-likeness (QED) is 0.897. The van der Waals surface area contributed by atoms with Gasteiger partial charge in [-0.1, -0.05) is 19.1 Å². The molecule has 1 aliphatic rings. The number of halogens is 3. The van der Waals surface area contributed by atoms with Crippen molar-refractivity contribution in [3.05, 3.63) is 29.8 Å². The van der Waals surface area contributed by atoms with Crippen molar-refractivity contribution in [2.45, 2.75) is 32.0 Å². The topological polar surface area (TPSA) is 21.3 Å². The molecule has 0 aromatic heterocycles. The summed E-state index contributed by atoms with van der Waals surface area (Å²) in [4.78, 5) is 0. The zero-order valence-corrected chi connectivity index (χ0v) is 10.8. The lowest BCUT2D eigenvalue weighted by atomic mass is 9.99. The van der Waals surface area contributed by atoms with Gasteiger partial charge in [-0.3, -0.25) is 0 Å². The van der Waals surface area contributed by atoms with Gasteiger partial charge < -0.3 is 10.1 Å². The van der Waals surface area contributed by atoms with Crippen molar-refractivity contribution in [3.63, 3.8) is 0 Å². The third kappa shape index (κ3) is 3.41. The summed E-state index contributed by atoms with van der Waals surface area (Å²) in [6, 6.07) is 5.59. The van der Waals surface area contributed by atoms with E-state index in [0.717, 1.165) is 18.9 Å². The van der Waals surface area contributed by atoms with Gasteiger partial charge in [-0.2, -0.15) is 13.2 Å². The summed E-state index contributed by atoms with van der Waals surface area (Å²) in [7, 11) is 0.